The summed E-state index contributed by atoms with van der Waals surface area (Å²) in [5, 5.41) is 12.7. The number of benzene rings is 1. The molecule has 1 amide bonds. The van der Waals surface area contributed by atoms with Gasteiger partial charge in [0.2, 0.25) is 5.91 Å². The van der Waals surface area contributed by atoms with Crippen LogP contribution in [0.3, 0.4) is 0 Å². The van der Waals surface area contributed by atoms with E-state index in [9.17, 15) is 14.7 Å². The van der Waals surface area contributed by atoms with Gasteiger partial charge in [0, 0.05) is 25.5 Å². The van der Waals surface area contributed by atoms with Gasteiger partial charge in [-0.1, -0.05) is 20.8 Å². The fraction of sp³-hybridized carbons (Fsp3) is 0.429. The number of esters is 1. The molecule has 0 aliphatic carbocycles. The first kappa shape index (κ1) is 15.0. The molecule has 104 valence electrons. The zero-order chi connectivity index (χ0) is 14.8. The first-order valence-corrected chi connectivity index (χ1v) is 5.94. The molecule has 0 bridgehead atoms. The lowest BCUT2D eigenvalue weighted by molar-refractivity contribution is -0.131. The predicted molar refractivity (Wildman–Crippen MR) is 72.4 cm³/mol. The Labute approximate surface area is 112 Å². The van der Waals surface area contributed by atoms with Gasteiger partial charge in [-0.05, 0) is 11.5 Å². The minimum atomic E-state index is -0.459. The van der Waals surface area contributed by atoms with Crippen molar-refractivity contribution >= 4 is 17.6 Å². The van der Waals surface area contributed by atoms with Crippen molar-refractivity contribution in [3.05, 3.63) is 17.7 Å². The number of nitrogens with one attached hydrogen (secondary N) is 1. The molecule has 0 spiro atoms. The monoisotopic (exact) mass is 265 g/mol. The molecule has 0 radical (unpaired) electrons. The lowest BCUT2D eigenvalue weighted by Crippen LogP contribution is -2.14. The number of rotatable bonds is 2. The van der Waals surface area contributed by atoms with Crippen molar-refractivity contribution in [3.63, 3.8) is 0 Å². The van der Waals surface area contributed by atoms with E-state index in [1.54, 1.807) is 6.07 Å². The molecule has 19 heavy (non-hydrogen) atoms. The van der Waals surface area contributed by atoms with E-state index in [2.05, 4.69) is 5.32 Å². The van der Waals surface area contributed by atoms with E-state index in [4.69, 9.17) is 4.74 Å². The van der Waals surface area contributed by atoms with E-state index >= 15 is 0 Å². The quantitative estimate of drug-likeness (QED) is 0.489. The average Bonchev–Trinajstić information content (AvgIpc) is 2.19. The molecule has 1 aromatic carbocycles. The van der Waals surface area contributed by atoms with Crippen LogP contribution in [0.1, 0.15) is 40.2 Å². The maximum Gasteiger partial charge on any atom is 0.308 e. The molecular formula is C14H19NO4. The molecule has 0 fully saturated rings. The standard InChI is InChI=1S/C14H19NO4/c1-8(16)15-12-7-10(19-9(2)17)6-11(13(12)18)14(3,4)5/h6-7,18H,1-5H3,(H,15,16). The second-order valence-electron chi connectivity index (χ2n) is 5.39. The molecule has 1 rings (SSSR count). The van der Waals surface area contributed by atoms with Gasteiger partial charge in [-0.15, -0.1) is 0 Å². The van der Waals surface area contributed by atoms with E-state index in [-0.39, 0.29) is 22.8 Å². The zero-order valence-electron chi connectivity index (χ0n) is 11.8. The minimum absolute atomic E-state index is 0.0152. The van der Waals surface area contributed by atoms with Crippen molar-refractivity contribution in [1.29, 1.82) is 0 Å². The Bertz CT molecular complexity index is 515. The van der Waals surface area contributed by atoms with Crippen molar-refractivity contribution in [2.75, 3.05) is 5.32 Å². The Morgan fingerprint density at radius 1 is 1.21 bits per heavy atom. The van der Waals surface area contributed by atoms with Gasteiger partial charge in [0.25, 0.3) is 0 Å². The highest BCUT2D eigenvalue weighted by Crippen LogP contribution is 2.39. The van der Waals surface area contributed by atoms with Crippen molar-refractivity contribution in [3.8, 4) is 11.5 Å². The Morgan fingerprint density at radius 3 is 2.21 bits per heavy atom. The molecule has 0 aliphatic rings. The summed E-state index contributed by atoms with van der Waals surface area (Å²) in [7, 11) is 0. The van der Waals surface area contributed by atoms with Crippen LogP contribution in [0.4, 0.5) is 5.69 Å². The topological polar surface area (TPSA) is 75.6 Å². The number of phenolic OH excluding ortho intramolecular Hbond substituents is 1. The average molecular weight is 265 g/mol. The summed E-state index contributed by atoms with van der Waals surface area (Å²) in [6, 6.07) is 3.02. The Hall–Kier alpha value is -2.04. The van der Waals surface area contributed by atoms with Crippen molar-refractivity contribution < 1.29 is 19.4 Å². The minimum Gasteiger partial charge on any atom is -0.505 e. The van der Waals surface area contributed by atoms with Crippen LogP contribution in [0.15, 0.2) is 12.1 Å². The summed E-state index contributed by atoms with van der Waals surface area (Å²) >= 11 is 0. The molecule has 0 saturated heterocycles. The van der Waals surface area contributed by atoms with Crippen molar-refractivity contribution in [2.45, 2.75) is 40.0 Å². The first-order chi connectivity index (χ1) is 8.61. The van der Waals surface area contributed by atoms with E-state index < -0.39 is 5.97 Å². The largest absolute Gasteiger partial charge is 0.505 e. The van der Waals surface area contributed by atoms with Gasteiger partial charge < -0.3 is 15.2 Å². The molecule has 0 aromatic heterocycles. The fourth-order valence-electron chi connectivity index (χ4n) is 1.69. The number of phenols is 1. The fourth-order valence-corrected chi connectivity index (χ4v) is 1.69. The lowest BCUT2D eigenvalue weighted by atomic mass is 9.85. The van der Waals surface area contributed by atoms with Crippen LogP contribution in [0, 0.1) is 0 Å². The lowest BCUT2D eigenvalue weighted by Gasteiger charge is -2.23. The second kappa shape index (κ2) is 5.30. The second-order valence-corrected chi connectivity index (χ2v) is 5.39. The number of hydrogen-bond donors (Lipinski definition) is 2. The summed E-state index contributed by atoms with van der Waals surface area (Å²) in [6.07, 6.45) is 0. The van der Waals surface area contributed by atoms with E-state index in [1.807, 2.05) is 20.8 Å². The maximum atomic E-state index is 11.1. The third-order valence-electron chi connectivity index (χ3n) is 2.46. The molecule has 5 heteroatoms. The highest BCUT2D eigenvalue weighted by molar-refractivity contribution is 5.91. The third-order valence-corrected chi connectivity index (χ3v) is 2.46. The summed E-state index contributed by atoms with van der Waals surface area (Å²) in [4.78, 5) is 22.2. The van der Waals surface area contributed by atoms with Crippen LogP contribution >= 0.6 is 0 Å². The number of carbonyl (C=O) groups excluding carboxylic acids is 2. The van der Waals surface area contributed by atoms with E-state index in [0.29, 0.717) is 11.3 Å². The molecule has 2 N–H and O–H groups in total. The smallest absolute Gasteiger partial charge is 0.308 e. The Morgan fingerprint density at radius 2 is 1.79 bits per heavy atom. The first-order valence-electron chi connectivity index (χ1n) is 5.94. The van der Waals surface area contributed by atoms with Gasteiger partial charge >= 0.3 is 5.97 Å². The number of aromatic hydroxyl groups is 1. The number of anilines is 1. The molecule has 0 aliphatic heterocycles. The van der Waals surface area contributed by atoms with Gasteiger partial charge in [0.05, 0.1) is 5.69 Å². The number of hydrogen-bond acceptors (Lipinski definition) is 4. The van der Waals surface area contributed by atoms with E-state index in [0.717, 1.165) is 0 Å². The highest BCUT2D eigenvalue weighted by atomic mass is 16.5. The number of ether oxygens (including phenoxy) is 1. The molecular weight excluding hydrogens is 246 g/mol. The number of amides is 1. The Kier molecular flexibility index (Phi) is 4.19. The van der Waals surface area contributed by atoms with E-state index in [1.165, 1.54) is 19.9 Å². The molecule has 5 nitrogen and oxygen atoms in total. The summed E-state index contributed by atoms with van der Waals surface area (Å²) in [5.41, 5.74) is 0.471. The normalized spacial score (nSPS) is 11.0. The summed E-state index contributed by atoms with van der Waals surface area (Å²) in [6.45, 7) is 8.38. The van der Waals surface area contributed by atoms with Gasteiger partial charge in [0.15, 0.2) is 0 Å². The van der Waals surface area contributed by atoms with Crippen molar-refractivity contribution in [2.24, 2.45) is 0 Å². The van der Waals surface area contributed by atoms with Crippen LogP contribution in [0.2, 0.25) is 0 Å². The van der Waals surface area contributed by atoms with Crippen molar-refractivity contribution in [1.82, 2.24) is 0 Å². The Balaban J connectivity index is 3.37. The molecule has 0 atom stereocenters. The summed E-state index contributed by atoms with van der Waals surface area (Å²) < 4.78 is 5.03. The van der Waals surface area contributed by atoms with Gasteiger partial charge in [-0.2, -0.15) is 0 Å². The maximum absolute atomic E-state index is 11.1. The van der Waals surface area contributed by atoms with Gasteiger partial charge in [-0.3, -0.25) is 9.59 Å². The third kappa shape index (κ3) is 3.98. The highest BCUT2D eigenvalue weighted by Gasteiger charge is 2.22. The SMILES string of the molecule is CC(=O)Nc1cc(OC(C)=O)cc(C(C)(C)C)c1O. The van der Waals surface area contributed by atoms with Crippen LogP contribution in [-0.2, 0) is 15.0 Å². The van der Waals surface area contributed by atoms with Gasteiger partial charge in [0.1, 0.15) is 11.5 Å². The van der Waals surface area contributed by atoms with Crippen LogP contribution in [-0.4, -0.2) is 17.0 Å². The predicted octanol–water partition coefficient (Wildman–Crippen LogP) is 2.57. The van der Waals surface area contributed by atoms with Crippen LogP contribution in [0.25, 0.3) is 0 Å². The molecule has 0 heterocycles. The number of carbonyl (C=O) groups is 2. The zero-order valence-corrected chi connectivity index (χ0v) is 11.8. The van der Waals surface area contributed by atoms with Crippen LogP contribution < -0.4 is 10.1 Å². The summed E-state index contributed by atoms with van der Waals surface area (Å²) in [5.74, 6) is -0.493. The van der Waals surface area contributed by atoms with Gasteiger partial charge in [-0.25, -0.2) is 0 Å². The molecule has 0 saturated carbocycles. The molecule has 1 aromatic rings. The molecule has 0 unspecified atom stereocenters. The van der Waals surface area contributed by atoms with Crippen LogP contribution in [0.5, 0.6) is 11.5 Å².